The van der Waals surface area contributed by atoms with Crippen LogP contribution in [0.25, 0.3) is 77.2 Å². The van der Waals surface area contributed by atoms with E-state index in [1.807, 2.05) is 66.7 Å². The molecule has 0 atom stereocenters. The monoisotopic (exact) mass is 635 g/mol. The average Bonchev–Trinajstić information content (AvgIpc) is 3.70. The van der Waals surface area contributed by atoms with Gasteiger partial charge >= 0.3 is 0 Å². The highest BCUT2D eigenvalue weighted by Gasteiger charge is 2.21. The van der Waals surface area contributed by atoms with Crippen LogP contribution in [0.1, 0.15) is 16.7 Å². The number of nitriles is 3. The lowest BCUT2D eigenvalue weighted by atomic mass is 9.89. The van der Waals surface area contributed by atoms with Crippen LogP contribution in [-0.2, 0) is 0 Å². The van der Waals surface area contributed by atoms with Gasteiger partial charge in [-0.25, -0.2) is 0 Å². The van der Waals surface area contributed by atoms with E-state index in [4.69, 9.17) is 0 Å². The Hall–Kier alpha value is -7.39. The lowest BCUT2D eigenvalue weighted by Crippen LogP contribution is -2.00. The maximum atomic E-state index is 10.5. The zero-order valence-electron chi connectivity index (χ0n) is 26.7. The van der Waals surface area contributed by atoms with Crippen LogP contribution < -0.4 is 0 Å². The number of benzene rings is 7. The molecule has 5 nitrogen and oxygen atoms in total. The van der Waals surface area contributed by atoms with Gasteiger partial charge in [-0.1, -0.05) is 84.9 Å². The summed E-state index contributed by atoms with van der Waals surface area (Å²) in [5.74, 6) is 0. The smallest absolute Gasteiger partial charge is 0.0998 e. The number of rotatable bonds is 4. The zero-order chi connectivity index (χ0) is 33.8. The molecule has 0 fully saturated rings. The van der Waals surface area contributed by atoms with Gasteiger partial charge in [-0.2, -0.15) is 15.8 Å². The minimum Gasteiger partial charge on any atom is -0.309 e. The molecule has 0 saturated carbocycles. The van der Waals surface area contributed by atoms with Crippen molar-refractivity contribution in [2.75, 3.05) is 0 Å². The fourth-order valence-electron chi connectivity index (χ4n) is 7.56. The molecule has 50 heavy (non-hydrogen) atoms. The minimum atomic E-state index is 0.540. The van der Waals surface area contributed by atoms with E-state index in [0.717, 1.165) is 66.5 Å². The first-order valence-electron chi connectivity index (χ1n) is 16.3. The van der Waals surface area contributed by atoms with Crippen LogP contribution in [0, 0.1) is 34.0 Å². The van der Waals surface area contributed by atoms with Crippen LogP contribution in [0.5, 0.6) is 0 Å². The van der Waals surface area contributed by atoms with Crippen molar-refractivity contribution in [2.24, 2.45) is 0 Å². The molecule has 0 amide bonds. The van der Waals surface area contributed by atoms with Crippen LogP contribution in [0.3, 0.4) is 0 Å². The van der Waals surface area contributed by atoms with Gasteiger partial charge in [-0.15, -0.1) is 0 Å². The predicted molar refractivity (Wildman–Crippen MR) is 200 cm³/mol. The molecular weight excluding hydrogens is 611 g/mol. The molecule has 9 aromatic rings. The van der Waals surface area contributed by atoms with Crippen molar-refractivity contribution in [3.63, 3.8) is 0 Å². The fraction of sp³-hybridized carbons (Fsp3) is 0. The van der Waals surface area contributed by atoms with E-state index in [-0.39, 0.29) is 0 Å². The van der Waals surface area contributed by atoms with Crippen molar-refractivity contribution in [3.8, 4) is 51.8 Å². The molecule has 9 rings (SSSR count). The molecule has 0 aliphatic heterocycles. The SMILES string of the molecule is N#Cc1ccc2c(c1)c1c(C#N)cccc1n2-c1cccc(-c2cccc(C#N)c2-c2ccccc2-n2c3ccccc3c3ccccc32)c1. The largest absolute Gasteiger partial charge is 0.309 e. The van der Waals surface area contributed by atoms with Crippen molar-refractivity contribution in [1.82, 2.24) is 9.13 Å². The van der Waals surface area contributed by atoms with E-state index in [0.29, 0.717) is 16.7 Å². The van der Waals surface area contributed by atoms with Crippen molar-refractivity contribution in [2.45, 2.75) is 0 Å². The Kier molecular flexibility index (Phi) is 6.56. The van der Waals surface area contributed by atoms with Crippen molar-refractivity contribution < 1.29 is 0 Å². The Morgan fingerprint density at radius 3 is 1.80 bits per heavy atom. The van der Waals surface area contributed by atoms with E-state index in [1.54, 1.807) is 0 Å². The summed E-state index contributed by atoms with van der Waals surface area (Å²) in [5.41, 5.74) is 11.3. The molecule has 0 N–H and O–H groups in total. The second kappa shape index (κ2) is 11.4. The van der Waals surface area contributed by atoms with E-state index in [1.165, 1.54) is 10.8 Å². The van der Waals surface area contributed by atoms with Gasteiger partial charge in [0.25, 0.3) is 0 Å². The zero-order valence-corrected chi connectivity index (χ0v) is 26.7. The molecule has 5 heteroatoms. The molecule has 0 radical (unpaired) electrons. The first kappa shape index (κ1) is 28.8. The molecular formula is C45H25N5. The van der Waals surface area contributed by atoms with Gasteiger partial charge in [0.1, 0.15) is 0 Å². The Bertz CT molecular complexity index is 2920. The normalized spacial score (nSPS) is 11.1. The molecule has 0 unspecified atom stereocenters. The van der Waals surface area contributed by atoms with Gasteiger partial charge < -0.3 is 9.13 Å². The van der Waals surface area contributed by atoms with Gasteiger partial charge in [0.05, 0.1) is 62.7 Å². The molecule has 7 aromatic carbocycles. The quantitative estimate of drug-likeness (QED) is 0.193. The fourth-order valence-corrected chi connectivity index (χ4v) is 7.56. The van der Waals surface area contributed by atoms with Crippen molar-refractivity contribution in [1.29, 1.82) is 15.8 Å². The van der Waals surface area contributed by atoms with E-state index in [9.17, 15) is 15.8 Å². The topological polar surface area (TPSA) is 81.2 Å². The number of para-hydroxylation sites is 3. The molecule has 2 heterocycles. The van der Waals surface area contributed by atoms with Crippen LogP contribution >= 0.6 is 0 Å². The third-order valence-electron chi connectivity index (χ3n) is 9.63. The Morgan fingerprint density at radius 1 is 0.420 bits per heavy atom. The molecule has 0 saturated heterocycles. The molecule has 0 aliphatic carbocycles. The minimum absolute atomic E-state index is 0.540. The Balaban J connectivity index is 1.30. The summed E-state index contributed by atoms with van der Waals surface area (Å²) >= 11 is 0. The molecule has 0 spiro atoms. The standard InChI is InChI=1S/C45H25N5/c46-26-29-22-23-42-38(24-29)45-32(28-48)12-9-21-43(45)49(42)33-13-7-10-30(25-33)34-17-8-11-31(27-47)44(34)37-16-3-6-20-41(37)50-39-18-4-1-14-35(39)36-15-2-5-19-40(36)50/h1-25H. The number of fused-ring (bicyclic) bond motifs is 6. The lowest BCUT2D eigenvalue weighted by Gasteiger charge is -2.18. The lowest BCUT2D eigenvalue weighted by molar-refractivity contribution is 1.18. The molecule has 230 valence electrons. The Morgan fingerprint density at radius 2 is 1.04 bits per heavy atom. The first-order valence-corrected chi connectivity index (χ1v) is 16.3. The van der Waals surface area contributed by atoms with Crippen molar-refractivity contribution >= 4 is 43.6 Å². The number of aromatic nitrogens is 2. The van der Waals surface area contributed by atoms with Gasteiger partial charge in [0.2, 0.25) is 0 Å². The first-order chi connectivity index (χ1) is 24.7. The van der Waals surface area contributed by atoms with E-state index >= 15 is 0 Å². The second-order valence-electron chi connectivity index (χ2n) is 12.3. The van der Waals surface area contributed by atoms with Crippen LogP contribution in [0.15, 0.2) is 152 Å². The Labute approximate surface area is 287 Å². The molecule has 0 aliphatic rings. The summed E-state index contributed by atoms with van der Waals surface area (Å²) in [6, 6.07) is 57.8. The number of hydrogen-bond acceptors (Lipinski definition) is 3. The second-order valence-corrected chi connectivity index (χ2v) is 12.3. The van der Waals surface area contributed by atoms with E-state index in [2.05, 4.69) is 112 Å². The highest BCUT2D eigenvalue weighted by molar-refractivity contribution is 6.12. The summed E-state index contributed by atoms with van der Waals surface area (Å²) < 4.78 is 4.45. The highest BCUT2D eigenvalue weighted by atomic mass is 15.0. The van der Waals surface area contributed by atoms with Gasteiger partial charge in [0.15, 0.2) is 0 Å². The van der Waals surface area contributed by atoms with Crippen LogP contribution in [-0.4, -0.2) is 9.13 Å². The van der Waals surface area contributed by atoms with Crippen LogP contribution in [0.2, 0.25) is 0 Å². The van der Waals surface area contributed by atoms with Gasteiger partial charge in [-0.05, 0) is 77.9 Å². The molecule has 2 aromatic heterocycles. The summed E-state index contributed by atoms with van der Waals surface area (Å²) in [7, 11) is 0. The van der Waals surface area contributed by atoms with Crippen molar-refractivity contribution in [3.05, 3.63) is 168 Å². The summed E-state index contributed by atoms with van der Waals surface area (Å²) in [6.07, 6.45) is 0. The third-order valence-corrected chi connectivity index (χ3v) is 9.63. The van der Waals surface area contributed by atoms with Gasteiger partial charge in [0, 0.05) is 38.4 Å². The average molecular weight is 636 g/mol. The maximum Gasteiger partial charge on any atom is 0.0998 e. The third kappa shape index (κ3) is 4.24. The van der Waals surface area contributed by atoms with E-state index < -0.39 is 0 Å². The number of hydrogen-bond donors (Lipinski definition) is 0. The van der Waals surface area contributed by atoms with Crippen LogP contribution in [0.4, 0.5) is 0 Å². The summed E-state index contributed by atoms with van der Waals surface area (Å²) in [4.78, 5) is 0. The molecule has 0 bridgehead atoms. The maximum absolute atomic E-state index is 10.5. The summed E-state index contributed by atoms with van der Waals surface area (Å²) in [5, 5.41) is 34.3. The number of nitrogens with zero attached hydrogens (tertiary/aromatic N) is 5. The summed E-state index contributed by atoms with van der Waals surface area (Å²) in [6.45, 7) is 0. The predicted octanol–water partition coefficient (Wildman–Crippen LogP) is 10.8. The van der Waals surface area contributed by atoms with Gasteiger partial charge in [-0.3, -0.25) is 0 Å². The highest BCUT2D eigenvalue weighted by Crippen LogP contribution is 2.42.